The largest absolute Gasteiger partial charge is 0.489 e. The van der Waals surface area contributed by atoms with Crippen molar-refractivity contribution in [3.63, 3.8) is 0 Å². The summed E-state index contributed by atoms with van der Waals surface area (Å²) in [5, 5.41) is 22.1. The molecule has 0 saturated heterocycles. The zero-order valence-corrected chi connectivity index (χ0v) is 16.6. The van der Waals surface area contributed by atoms with E-state index in [1.165, 1.54) is 0 Å². The normalized spacial score (nSPS) is 12.7. The van der Waals surface area contributed by atoms with Gasteiger partial charge in [0, 0.05) is 29.2 Å². The summed E-state index contributed by atoms with van der Waals surface area (Å²) in [4.78, 5) is 0. The Balaban J connectivity index is 1.75. The van der Waals surface area contributed by atoms with Gasteiger partial charge in [-0.1, -0.05) is 34.8 Å². The number of β-amino-alcohol motifs (C(OH)–C–C–N with tert-alkyl or cyclic N) is 1. The summed E-state index contributed by atoms with van der Waals surface area (Å²) in [7, 11) is 0. The minimum atomic E-state index is -0.736. The van der Waals surface area contributed by atoms with Crippen LogP contribution in [0.2, 0.25) is 15.2 Å². The quantitative estimate of drug-likeness (QED) is 0.645. The van der Waals surface area contributed by atoms with Crippen molar-refractivity contribution in [2.75, 3.05) is 19.8 Å². The maximum absolute atomic E-state index is 10.1. The molecule has 1 atom stereocenters. The average Bonchev–Trinajstić information content (AvgIpc) is 2.60. The van der Waals surface area contributed by atoms with Crippen molar-refractivity contribution in [3.05, 3.63) is 45.5 Å². The lowest BCUT2D eigenvalue weighted by Crippen LogP contribution is -2.48. The van der Waals surface area contributed by atoms with Gasteiger partial charge < -0.3 is 19.9 Å². The SMILES string of the molecule is CC(C)(COc1ccc(Cl)nn1)NCC(O)COc1cc(Cl)ccc1Cl. The number of hydrogen-bond acceptors (Lipinski definition) is 6. The fourth-order valence-electron chi connectivity index (χ4n) is 1.91. The number of benzene rings is 1. The monoisotopic (exact) mass is 419 g/mol. The number of aromatic nitrogens is 2. The Morgan fingerprint density at radius 3 is 2.58 bits per heavy atom. The number of aliphatic hydroxyl groups excluding tert-OH is 1. The minimum absolute atomic E-state index is 0.0761. The van der Waals surface area contributed by atoms with E-state index in [9.17, 15) is 5.11 Å². The maximum Gasteiger partial charge on any atom is 0.233 e. The van der Waals surface area contributed by atoms with Gasteiger partial charge in [-0.2, -0.15) is 0 Å². The molecule has 2 aromatic rings. The second-order valence-electron chi connectivity index (χ2n) is 6.29. The van der Waals surface area contributed by atoms with E-state index in [1.807, 2.05) is 13.8 Å². The predicted molar refractivity (Wildman–Crippen MR) is 103 cm³/mol. The summed E-state index contributed by atoms with van der Waals surface area (Å²) in [6.07, 6.45) is -0.736. The smallest absolute Gasteiger partial charge is 0.233 e. The van der Waals surface area contributed by atoms with Crippen molar-refractivity contribution in [2.45, 2.75) is 25.5 Å². The second-order valence-corrected chi connectivity index (χ2v) is 7.52. The molecule has 0 aliphatic heterocycles. The lowest BCUT2D eigenvalue weighted by Gasteiger charge is -2.27. The zero-order chi connectivity index (χ0) is 19.2. The second kappa shape index (κ2) is 9.58. The van der Waals surface area contributed by atoms with Crippen LogP contribution in [0.5, 0.6) is 11.6 Å². The van der Waals surface area contributed by atoms with Crippen molar-refractivity contribution in [1.29, 1.82) is 0 Å². The predicted octanol–water partition coefficient (Wildman–Crippen LogP) is 3.62. The fourth-order valence-corrected chi connectivity index (χ4v) is 2.35. The number of rotatable bonds is 9. The molecular weight excluding hydrogens is 401 g/mol. The third-order valence-electron chi connectivity index (χ3n) is 3.33. The fraction of sp³-hybridized carbons (Fsp3) is 0.412. The molecular formula is C17H20Cl3N3O3. The average molecular weight is 421 g/mol. The molecule has 0 radical (unpaired) electrons. The molecule has 0 fully saturated rings. The third-order valence-corrected chi connectivity index (χ3v) is 4.08. The summed E-state index contributed by atoms with van der Waals surface area (Å²) in [6, 6.07) is 8.16. The molecule has 26 heavy (non-hydrogen) atoms. The van der Waals surface area contributed by atoms with Gasteiger partial charge in [-0.15, -0.1) is 10.2 Å². The van der Waals surface area contributed by atoms with Crippen LogP contribution in [0.15, 0.2) is 30.3 Å². The first-order valence-corrected chi connectivity index (χ1v) is 9.01. The molecule has 2 rings (SSSR count). The first kappa shape index (κ1) is 21.0. The van der Waals surface area contributed by atoms with Crippen molar-refractivity contribution in [3.8, 4) is 11.6 Å². The van der Waals surface area contributed by atoms with Gasteiger partial charge in [0.2, 0.25) is 5.88 Å². The van der Waals surface area contributed by atoms with E-state index in [0.29, 0.717) is 40.0 Å². The van der Waals surface area contributed by atoms with E-state index < -0.39 is 11.6 Å². The summed E-state index contributed by atoms with van der Waals surface area (Å²) < 4.78 is 11.1. The van der Waals surface area contributed by atoms with E-state index in [2.05, 4.69) is 15.5 Å². The highest BCUT2D eigenvalue weighted by Crippen LogP contribution is 2.27. The number of hydrogen-bond donors (Lipinski definition) is 2. The first-order valence-electron chi connectivity index (χ1n) is 7.88. The van der Waals surface area contributed by atoms with Crippen LogP contribution in [0.3, 0.4) is 0 Å². The molecule has 1 aromatic heterocycles. The molecule has 0 saturated carbocycles. The van der Waals surface area contributed by atoms with Crippen LogP contribution in [-0.2, 0) is 0 Å². The van der Waals surface area contributed by atoms with Crippen molar-refractivity contribution >= 4 is 34.8 Å². The van der Waals surface area contributed by atoms with Crippen LogP contribution in [0.25, 0.3) is 0 Å². The van der Waals surface area contributed by atoms with Gasteiger partial charge in [-0.3, -0.25) is 0 Å². The van der Waals surface area contributed by atoms with Crippen LogP contribution >= 0.6 is 34.8 Å². The van der Waals surface area contributed by atoms with Crippen molar-refractivity contribution in [2.24, 2.45) is 0 Å². The van der Waals surface area contributed by atoms with E-state index in [0.717, 1.165) is 0 Å². The molecule has 1 unspecified atom stereocenters. The third kappa shape index (κ3) is 7.13. The van der Waals surface area contributed by atoms with Gasteiger partial charge >= 0.3 is 0 Å². The number of aliphatic hydroxyl groups is 1. The van der Waals surface area contributed by atoms with Crippen LogP contribution in [-0.4, -0.2) is 46.7 Å². The lowest BCUT2D eigenvalue weighted by molar-refractivity contribution is 0.0923. The highest BCUT2D eigenvalue weighted by atomic mass is 35.5. The molecule has 2 N–H and O–H groups in total. The number of ether oxygens (including phenoxy) is 2. The van der Waals surface area contributed by atoms with Crippen LogP contribution < -0.4 is 14.8 Å². The molecule has 0 aliphatic carbocycles. The van der Waals surface area contributed by atoms with Crippen LogP contribution in [0.4, 0.5) is 0 Å². The Bertz CT molecular complexity index is 714. The molecule has 0 spiro atoms. The molecule has 0 aliphatic rings. The Morgan fingerprint density at radius 2 is 1.88 bits per heavy atom. The van der Waals surface area contributed by atoms with Gasteiger partial charge in [0.05, 0.1) is 5.02 Å². The summed E-state index contributed by atoms with van der Waals surface area (Å²) >= 11 is 17.6. The van der Waals surface area contributed by atoms with Gasteiger partial charge in [0.25, 0.3) is 0 Å². The van der Waals surface area contributed by atoms with E-state index in [4.69, 9.17) is 44.3 Å². The van der Waals surface area contributed by atoms with Gasteiger partial charge in [-0.25, -0.2) is 0 Å². The van der Waals surface area contributed by atoms with Crippen LogP contribution in [0.1, 0.15) is 13.8 Å². The minimum Gasteiger partial charge on any atom is -0.489 e. The topological polar surface area (TPSA) is 76.5 Å². The van der Waals surface area contributed by atoms with E-state index in [1.54, 1.807) is 30.3 Å². The highest BCUT2D eigenvalue weighted by Gasteiger charge is 2.20. The maximum atomic E-state index is 10.1. The van der Waals surface area contributed by atoms with Gasteiger partial charge in [-0.05, 0) is 32.0 Å². The van der Waals surface area contributed by atoms with E-state index in [-0.39, 0.29) is 6.61 Å². The zero-order valence-electron chi connectivity index (χ0n) is 14.4. The Kier molecular flexibility index (Phi) is 7.73. The Morgan fingerprint density at radius 1 is 1.12 bits per heavy atom. The summed E-state index contributed by atoms with van der Waals surface area (Å²) in [6.45, 7) is 4.60. The number of nitrogens with one attached hydrogen (secondary N) is 1. The van der Waals surface area contributed by atoms with E-state index >= 15 is 0 Å². The molecule has 9 heteroatoms. The lowest BCUT2D eigenvalue weighted by atomic mass is 10.1. The molecule has 0 amide bonds. The molecule has 1 heterocycles. The summed E-state index contributed by atoms with van der Waals surface area (Å²) in [5.74, 6) is 0.811. The first-order chi connectivity index (χ1) is 12.2. The van der Waals surface area contributed by atoms with Crippen molar-refractivity contribution in [1.82, 2.24) is 15.5 Å². The molecule has 1 aromatic carbocycles. The van der Waals surface area contributed by atoms with Crippen LogP contribution in [0, 0.1) is 0 Å². The highest BCUT2D eigenvalue weighted by molar-refractivity contribution is 6.34. The van der Waals surface area contributed by atoms with Crippen molar-refractivity contribution < 1.29 is 14.6 Å². The number of halogens is 3. The molecule has 6 nitrogen and oxygen atoms in total. The summed E-state index contributed by atoms with van der Waals surface area (Å²) in [5.41, 5.74) is -0.407. The Hall–Kier alpha value is -1.31. The number of nitrogens with zero attached hydrogens (tertiary/aromatic N) is 2. The Labute approximate surface area is 167 Å². The van der Waals surface area contributed by atoms with Gasteiger partial charge in [0.15, 0.2) is 5.15 Å². The molecule has 0 bridgehead atoms. The molecule has 142 valence electrons. The van der Waals surface area contributed by atoms with Gasteiger partial charge in [0.1, 0.15) is 25.1 Å². The standard InChI is InChI=1S/C17H20Cl3N3O3/c1-17(2,10-26-16-6-5-15(20)22-23-16)21-8-12(24)9-25-14-7-11(18)3-4-13(14)19/h3-7,12,21,24H,8-10H2,1-2H3.